The quantitative estimate of drug-likeness (QED) is 0.446. The van der Waals surface area contributed by atoms with Crippen LogP contribution in [0.15, 0.2) is 45.7 Å². The second-order valence-corrected chi connectivity index (χ2v) is 4.70. The van der Waals surface area contributed by atoms with Crippen molar-refractivity contribution in [2.45, 2.75) is 23.6 Å². The standard InChI is InChI=1S/C11H14S2/c1-9(2)7-8-13-11-5-3-10(12)4-6-11/h3-7,12H,8H2,1-2H3. The maximum Gasteiger partial charge on any atom is 0.0163 e. The number of allylic oxidation sites excluding steroid dienone is 1. The molecule has 0 spiro atoms. The second kappa shape index (κ2) is 5.40. The fraction of sp³-hybridized carbons (Fsp3) is 0.273. The molecule has 0 aliphatic carbocycles. The van der Waals surface area contributed by atoms with Gasteiger partial charge in [0.15, 0.2) is 0 Å². The van der Waals surface area contributed by atoms with E-state index >= 15 is 0 Å². The first kappa shape index (κ1) is 10.7. The minimum absolute atomic E-state index is 1.02. The van der Waals surface area contributed by atoms with E-state index in [9.17, 15) is 0 Å². The van der Waals surface area contributed by atoms with Crippen LogP contribution in [0, 0.1) is 0 Å². The highest BCUT2D eigenvalue weighted by atomic mass is 32.2. The van der Waals surface area contributed by atoms with Crippen molar-refractivity contribution in [2.24, 2.45) is 0 Å². The van der Waals surface area contributed by atoms with E-state index in [0.29, 0.717) is 0 Å². The summed E-state index contributed by atoms with van der Waals surface area (Å²) in [5.41, 5.74) is 1.37. The Labute approximate surface area is 89.8 Å². The lowest BCUT2D eigenvalue weighted by molar-refractivity contribution is 1.35. The molecule has 0 saturated carbocycles. The molecule has 13 heavy (non-hydrogen) atoms. The third kappa shape index (κ3) is 4.44. The van der Waals surface area contributed by atoms with E-state index < -0.39 is 0 Å². The van der Waals surface area contributed by atoms with Crippen molar-refractivity contribution >= 4 is 24.4 Å². The largest absolute Gasteiger partial charge is 0.143 e. The second-order valence-electron chi connectivity index (χ2n) is 3.09. The predicted molar refractivity (Wildman–Crippen MR) is 63.8 cm³/mol. The van der Waals surface area contributed by atoms with Gasteiger partial charge in [-0.2, -0.15) is 0 Å². The van der Waals surface area contributed by atoms with Gasteiger partial charge in [-0.3, -0.25) is 0 Å². The van der Waals surface area contributed by atoms with Crippen LogP contribution >= 0.6 is 24.4 Å². The van der Waals surface area contributed by atoms with Gasteiger partial charge in [-0.15, -0.1) is 24.4 Å². The highest BCUT2D eigenvalue weighted by Gasteiger charge is 1.91. The summed E-state index contributed by atoms with van der Waals surface area (Å²) in [5.74, 6) is 1.05. The Balaban J connectivity index is 2.46. The molecule has 0 aromatic heterocycles. The van der Waals surface area contributed by atoms with Crippen LogP contribution < -0.4 is 0 Å². The maximum absolute atomic E-state index is 4.23. The Morgan fingerprint density at radius 2 is 1.92 bits per heavy atom. The van der Waals surface area contributed by atoms with E-state index in [-0.39, 0.29) is 0 Å². The SMILES string of the molecule is CC(C)=CCSc1ccc(S)cc1. The van der Waals surface area contributed by atoms with Gasteiger partial charge in [0.05, 0.1) is 0 Å². The van der Waals surface area contributed by atoms with Crippen LogP contribution in [0.4, 0.5) is 0 Å². The van der Waals surface area contributed by atoms with Crippen LogP contribution in [0.3, 0.4) is 0 Å². The molecule has 0 fully saturated rings. The van der Waals surface area contributed by atoms with Gasteiger partial charge in [-0.1, -0.05) is 11.6 Å². The zero-order chi connectivity index (χ0) is 9.68. The molecule has 0 N–H and O–H groups in total. The highest BCUT2D eigenvalue weighted by molar-refractivity contribution is 7.99. The Hall–Kier alpha value is -0.340. The molecule has 1 aromatic carbocycles. The molecule has 0 unspecified atom stereocenters. The molecule has 0 bridgehead atoms. The van der Waals surface area contributed by atoms with Crippen LogP contribution in [0.5, 0.6) is 0 Å². The van der Waals surface area contributed by atoms with Crippen molar-refractivity contribution in [1.29, 1.82) is 0 Å². The Kier molecular flexibility index (Phi) is 4.46. The lowest BCUT2D eigenvalue weighted by Gasteiger charge is -1.98. The Bertz CT molecular complexity index is 281. The molecule has 0 amide bonds. The van der Waals surface area contributed by atoms with Gasteiger partial charge in [0.25, 0.3) is 0 Å². The van der Waals surface area contributed by atoms with Crippen molar-refractivity contribution in [3.63, 3.8) is 0 Å². The average Bonchev–Trinajstić information content (AvgIpc) is 2.08. The van der Waals surface area contributed by atoms with Crippen LogP contribution in [-0.2, 0) is 0 Å². The first-order valence-corrected chi connectivity index (χ1v) is 5.67. The smallest absolute Gasteiger partial charge is 0.0163 e. The number of thiol groups is 1. The van der Waals surface area contributed by atoms with Crippen LogP contribution in [0.1, 0.15) is 13.8 Å². The zero-order valence-electron chi connectivity index (χ0n) is 7.95. The maximum atomic E-state index is 4.23. The summed E-state index contributed by atoms with van der Waals surface area (Å²) < 4.78 is 0. The average molecular weight is 210 g/mol. The van der Waals surface area contributed by atoms with Gasteiger partial charge < -0.3 is 0 Å². The number of rotatable bonds is 3. The van der Waals surface area contributed by atoms with Gasteiger partial charge in [-0.25, -0.2) is 0 Å². The lowest BCUT2D eigenvalue weighted by atomic mass is 10.3. The number of hydrogen-bond donors (Lipinski definition) is 1. The van der Waals surface area contributed by atoms with E-state index in [1.165, 1.54) is 10.5 Å². The number of thioether (sulfide) groups is 1. The number of hydrogen-bond acceptors (Lipinski definition) is 2. The molecule has 0 atom stereocenters. The highest BCUT2D eigenvalue weighted by Crippen LogP contribution is 2.19. The van der Waals surface area contributed by atoms with E-state index in [2.05, 4.69) is 44.7 Å². The molecule has 0 saturated heterocycles. The minimum atomic E-state index is 1.02. The molecular weight excluding hydrogens is 196 g/mol. The van der Waals surface area contributed by atoms with Gasteiger partial charge in [0, 0.05) is 15.5 Å². The normalized spacial score (nSPS) is 9.77. The van der Waals surface area contributed by atoms with Crippen molar-refractivity contribution in [1.82, 2.24) is 0 Å². The molecule has 70 valence electrons. The fourth-order valence-electron chi connectivity index (χ4n) is 0.847. The van der Waals surface area contributed by atoms with E-state index in [1.54, 1.807) is 0 Å². The minimum Gasteiger partial charge on any atom is -0.143 e. The molecular formula is C11H14S2. The van der Waals surface area contributed by atoms with E-state index in [0.717, 1.165) is 10.6 Å². The summed E-state index contributed by atoms with van der Waals surface area (Å²) in [7, 11) is 0. The summed E-state index contributed by atoms with van der Waals surface area (Å²) in [6, 6.07) is 8.25. The van der Waals surface area contributed by atoms with E-state index in [4.69, 9.17) is 0 Å². The van der Waals surface area contributed by atoms with Crippen molar-refractivity contribution in [2.75, 3.05) is 5.75 Å². The molecule has 0 heterocycles. The third-order valence-corrected chi connectivity index (χ3v) is 2.82. The summed E-state index contributed by atoms with van der Waals surface area (Å²) in [6.45, 7) is 4.24. The van der Waals surface area contributed by atoms with Crippen LogP contribution in [0.2, 0.25) is 0 Å². The van der Waals surface area contributed by atoms with Crippen molar-refractivity contribution in [3.8, 4) is 0 Å². The molecule has 0 nitrogen and oxygen atoms in total. The fourth-order valence-corrected chi connectivity index (χ4v) is 1.93. The van der Waals surface area contributed by atoms with Crippen molar-refractivity contribution in [3.05, 3.63) is 35.9 Å². The predicted octanol–water partition coefficient (Wildman–Crippen LogP) is 4.03. The zero-order valence-corrected chi connectivity index (χ0v) is 9.66. The molecule has 1 rings (SSSR count). The van der Waals surface area contributed by atoms with Crippen LogP contribution in [-0.4, -0.2) is 5.75 Å². The molecule has 0 aliphatic heterocycles. The monoisotopic (exact) mass is 210 g/mol. The number of benzene rings is 1. The summed E-state index contributed by atoms with van der Waals surface area (Å²) in [6.07, 6.45) is 2.24. The third-order valence-electron chi connectivity index (χ3n) is 1.58. The van der Waals surface area contributed by atoms with Gasteiger partial charge >= 0.3 is 0 Å². The topological polar surface area (TPSA) is 0 Å². The Morgan fingerprint density at radius 3 is 2.46 bits per heavy atom. The Morgan fingerprint density at radius 1 is 1.31 bits per heavy atom. The first-order valence-electron chi connectivity index (χ1n) is 4.23. The van der Waals surface area contributed by atoms with Crippen LogP contribution in [0.25, 0.3) is 0 Å². The molecule has 0 radical (unpaired) electrons. The lowest BCUT2D eigenvalue weighted by Crippen LogP contribution is -1.75. The van der Waals surface area contributed by atoms with E-state index in [1.807, 2.05) is 23.9 Å². The molecule has 0 aliphatic rings. The van der Waals surface area contributed by atoms with Gasteiger partial charge in [0.1, 0.15) is 0 Å². The first-order chi connectivity index (χ1) is 6.18. The molecule has 2 heteroatoms. The van der Waals surface area contributed by atoms with Crippen molar-refractivity contribution < 1.29 is 0 Å². The summed E-state index contributed by atoms with van der Waals surface area (Å²) >= 11 is 6.08. The van der Waals surface area contributed by atoms with Gasteiger partial charge in [-0.05, 0) is 38.1 Å². The molecule has 1 aromatic rings. The summed E-state index contributed by atoms with van der Waals surface area (Å²) in [4.78, 5) is 2.32. The van der Waals surface area contributed by atoms with Gasteiger partial charge in [0.2, 0.25) is 0 Å². The summed E-state index contributed by atoms with van der Waals surface area (Å²) in [5, 5.41) is 0.